The first-order valence-corrected chi connectivity index (χ1v) is 4.92. The lowest BCUT2D eigenvalue weighted by Gasteiger charge is -2.23. The number of benzene rings is 1. The van der Waals surface area contributed by atoms with Crippen LogP contribution in [0.25, 0.3) is 0 Å². The minimum atomic E-state index is 0.689. The molecule has 1 aromatic rings. The van der Waals surface area contributed by atoms with Crippen molar-refractivity contribution in [3.05, 3.63) is 29.8 Å². The third-order valence-electron chi connectivity index (χ3n) is 2.70. The molecule has 2 nitrogen and oxygen atoms in total. The minimum absolute atomic E-state index is 0.689. The molecule has 0 spiro atoms. The Balaban J connectivity index is 2.10. The highest BCUT2D eigenvalue weighted by molar-refractivity contribution is 5.40. The quantitative estimate of drug-likeness (QED) is 0.640. The van der Waals surface area contributed by atoms with Crippen molar-refractivity contribution in [1.29, 1.82) is 0 Å². The van der Waals surface area contributed by atoms with Crippen LogP contribution in [0.4, 0.5) is 5.69 Å². The number of nitrogens with two attached hydrogens (primary N) is 1. The second kappa shape index (κ2) is 3.79. The van der Waals surface area contributed by atoms with Gasteiger partial charge in [-0.2, -0.15) is 0 Å². The van der Waals surface area contributed by atoms with Gasteiger partial charge in [0.05, 0.1) is 0 Å². The molecular weight excluding hydrogens is 160 g/mol. The molecule has 1 saturated heterocycles. The lowest BCUT2D eigenvalue weighted by Crippen LogP contribution is -2.28. The zero-order chi connectivity index (χ0) is 9.10. The second-order valence-electron chi connectivity index (χ2n) is 3.71. The first-order valence-electron chi connectivity index (χ1n) is 4.92. The normalized spacial score (nSPS) is 22.9. The summed E-state index contributed by atoms with van der Waals surface area (Å²) < 4.78 is 0. The van der Waals surface area contributed by atoms with E-state index in [0.29, 0.717) is 5.92 Å². The van der Waals surface area contributed by atoms with Crippen molar-refractivity contribution in [2.24, 2.45) is 0 Å². The van der Waals surface area contributed by atoms with E-state index in [1.807, 2.05) is 12.1 Å². The Morgan fingerprint density at radius 3 is 2.62 bits per heavy atom. The summed E-state index contributed by atoms with van der Waals surface area (Å²) in [5, 5.41) is 3.42. The van der Waals surface area contributed by atoms with E-state index in [9.17, 15) is 0 Å². The number of piperidine rings is 1. The van der Waals surface area contributed by atoms with Gasteiger partial charge in [0.25, 0.3) is 0 Å². The van der Waals surface area contributed by atoms with Crippen LogP contribution >= 0.6 is 0 Å². The number of nitrogens with one attached hydrogen (secondary N) is 1. The van der Waals surface area contributed by atoms with Gasteiger partial charge < -0.3 is 11.1 Å². The molecule has 0 saturated carbocycles. The van der Waals surface area contributed by atoms with E-state index < -0.39 is 0 Å². The number of hydrogen-bond acceptors (Lipinski definition) is 2. The molecule has 2 rings (SSSR count). The Kier molecular flexibility index (Phi) is 2.50. The summed E-state index contributed by atoms with van der Waals surface area (Å²) in [6.45, 7) is 2.29. The van der Waals surface area contributed by atoms with E-state index in [4.69, 9.17) is 5.73 Å². The van der Waals surface area contributed by atoms with Gasteiger partial charge in [0.15, 0.2) is 0 Å². The first kappa shape index (κ1) is 8.57. The zero-order valence-electron chi connectivity index (χ0n) is 7.79. The van der Waals surface area contributed by atoms with Gasteiger partial charge in [-0.3, -0.25) is 0 Å². The average molecular weight is 176 g/mol. The third kappa shape index (κ3) is 2.01. The van der Waals surface area contributed by atoms with Crippen LogP contribution in [0.15, 0.2) is 24.3 Å². The maximum absolute atomic E-state index is 5.64. The largest absolute Gasteiger partial charge is 0.399 e. The van der Waals surface area contributed by atoms with Gasteiger partial charge in [-0.25, -0.2) is 0 Å². The summed E-state index contributed by atoms with van der Waals surface area (Å²) >= 11 is 0. The molecule has 1 aliphatic heterocycles. The molecule has 0 amide bonds. The number of hydrogen-bond donors (Lipinski definition) is 2. The predicted octanol–water partition coefficient (Wildman–Crippen LogP) is 1.74. The fourth-order valence-electron chi connectivity index (χ4n) is 1.90. The molecule has 13 heavy (non-hydrogen) atoms. The summed E-state index contributed by atoms with van der Waals surface area (Å²) in [6, 6.07) is 8.27. The third-order valence-corrected chi connectivity index (χ3v) is 2.70. The van der Waals surface area contributed by atoms with E-state index in [0.717, 1.165) is 12.2 Å². The van der Waals surface area contributed by atoms with Crippen LogP contribution in [0.1, 0.15) is 24.3 Å². The highest BCUT2D eigenvalue weighted by Gasteiger charge is 2.14. The van der Waals surface area contributed by atoms with Crippen molar-refractivity contribution in [2.75, 3.05) is 18.8 Å². The summed E-state index contributed by atoms with van der Waals surface area (Å²) in [7, 11) is 0. The van der Waals surface area contributed by atoms with E-state index >= 15 is 0 Å². The molecule has 1 atom stereocenters. The molecule has 1 aliphatic rings. The van der Waals surface area contributed by atoms with Gasteiger partial charge in [-0.15, -0.1) is 0 Å². The molecule has 70 valence electrons. The van der Waals surface area contributed by atoms with Crippen LogP contribution in [-0.2, 0) is 0 Å². The lowest BCUT2D eigenvalue weighted by molar-refractivity contribution is 0.461. The maximum Gasteiger partial charge on any atom is 0.0314 e. The summed E-state index contributed by atoms with van der Waals surface area (Å²) in [5.41, 5.74) is 7.91. The summed E-state index contributed by atoms with van der Waals surface area (Å²) in [4.78, 5) is 0. The molecule has 2 heteroatoms. The van der Waals surface area contributed by atoms with Gasteiger partial charge in [0, 0.05) is 12.2 Å². The van der Waals surface area contributed by atoms with Gasteiger partial charge in [-0.1, -0.05) is 12.1 Å². The van der Waals surface area contributed by atoms with Crippen LogP contribution in [0.2, 0.25) is 0 Å². The van der Waals surface area contributed by atoms with Crippen molar-refractivity contribution >= 4 is 5.69 Å². The summed E-state index contributed by atoms with van der Waals surface area (Å²) in [6.07, 6.45) is 2.59. The topological polar surface area (TPSA) is 38.0 Å². The number of anilines is 1. The SMILES string of the molecule is Nc1ccc([C@H]2CCCNC2)cc1. The molecule has 0 radical (unpaired) electrons. The van der Waals surface area contributed by atoms with Gasteiger partial charge in [0.2, 0.25) is 0 Å². The summed E-state index contributed by atoms with van der Waals surface area (Å²) in [5.74, 6) is 0.689. The van der Waals surface area contributed by atoms with Crippen molar-refractivity contribution in [3.8, 4) is 0 Å². The molecule has 0 bridgehead atoms. The van der Waals surface area contributed by atoms with Crippen LogP contribution in [0.3, 0.4) is 0 Å². The fourth-order valence-corrected chi connectivity index (χ4v) is 1.90. The number of nitrogen functional groups attached to an aromatic ring is 1. The highest BCUT2D eigenvalue weighted by atomic mass is 14.9. The molecule has 1 aromatic carbocycles. The molecule has 3 N–H and O–H groups in total. The van der Waals surface area contributed by atoms with E-state index in [1.165, 1.54) is 24.9 Å². The van der Waals surface area contributed by atoms with Crippen molar-refractivity contribution in [3.63, 3.8) is 0 Å². The molecular formula is C11H16N2. The fraction of sp³-hybridized carbons (Fsp3) is 0.455. The van der Waals surface area contributed by atoms with Gasteiger partial charge in [-0.05, 0) is 43.0 Å². The van der Waals surface area contributed by atoms with Crippen LogP contribution in [0, 0.1) is 0 Å². The van der Waals surface area contributed by atoms with Gasteiger partial charge in [0.1, 0.15) is 0 Å². The predicted molar refractivity (Wildman–Crippen MR) is 55.7 cm³/mol. The van der Waals surface area contributed by atoms with Gasteiger partial charge >= 0.3 is 0 Å². The average Bonchev–Trinajstić information content (AvgIpc) is 2.20. The van der Waals surface area contributed by atoms with Crippen LogP contribution in [0.5, 0.6) is 0 Å². The minimum Gasteiger partial charge on any atom is -0.399 e. The molecule has 1 fully saturated rings. The van der Waals surface area contributed by atoms with E-state index in [-0.39, 0.29) is 0 Å². The highest BCUT2D eigenvalue weighted by Crippen LogP contribution is 2.23. The Hall–Kier alpha value is -1.02. The molecule has 0 aromatic heterocycles. The Morgan fingerprint density at radius 2 is 2.00 bits per heavy atom. The smallest absolute Gasteiger partial charge is 0.0314 e. The molecule has 0 unspecified atom stereocenters. The maximum atomic E-state index is 5.64. The van der Waals surface area contributed by atoms with Crippen molar-refractivity contribution < 1.29 is 0 Å². The monoisotopic (exact) mass is 176 g/mol. The first-order chi connectivity index (χ1) is 6.36. The van der Waals surface area contributed by atoms with Crippen LogP contribution in [-0.4, -0.2) is 13.1 Å². The lowest BCUT2D eigenvalue weighted by atomic mass is 9.92. The Bertz CT molecular complexity index is 260. The van der Waals surface area contributed by atoms with E-state index in [1.54, 1.807) is 0 Å². The second-order valence-corrected chi connectivity index (χ2v) is 3.71. The Morgan fingerprint density at radius 1 is 1.23 bits per heavy atom. The molecule has 1 heterocycles. The zero-order valence-corrected chi connectivity index (χ0v) is 7.79. The van der Waals surface area contributed by atoms with Crippen LogP contribution < -0.4 is 11.1 Å². The van der Waals surface area contributed by atoms with Crippen molar-refractivity contribution in [1.82, 2.24) is 5.32 Å². The standard InChI is InChI=1S/C11H16N2/c12-11-5-3-9(4-6-11)10-2-1-7-13-8-10/h3-6,10,13H,1-2,7-8,12H2/t10-/m0/s1. The van der Waals surface area contributed by atoms with E-state index in [2.05, 4.69) is 17.4 Å². The molecule has 0 aliphatic carbocycles. The Labute approximate surface area is 79.1 Å². The van der Waals surface area contributed by atoms with Crippen molar-refractivity contribution in [2.45, 2.75) is 18.8 Å². The number of rotatable bonds is 1.